The van der Waals surface area contributed by atoms with E-state index in [0.29, 0.717) is 12.1 Å². The van der Waals surface area contributed by atoms with E-state index in [1.54, 1.807) is 6.08 Å². The summed E-state index contributed by atoms with van der Waals surface area (Å²) in [6.45, 7) is 5.99. The summed E-state index contributed by atoms with van der Waals surface area (Å²) in [6, 6.07) is 0.958. The lowest BCUT2D eigenvalue weighted by atomic mass is 10.1. The van der Waals surface area contributed by atoms with Crippen LogP contribution in [0.4, 0.5) is 0 Å². The van der Waals surface area contributed by atoms with Gasteiger partial charge >= 0.3 is 0 Å². The molecule has 1 saturated heterocycles. The SMILES string of the molecule is CC(C)N[C@@H]1CNC[C@H]1NC(=O)/C=C/CI. The molecule has 4 nitrogen and oxygen atoms in total. The molecule has 0 unspecified atom stereocenters. The highest BCUT2D eigenvalue weighted by Crippen LogP contribution is 2.01. The number of nitrogens with one attached hydrogen (secondary N) is 3. The molecule has 0 bridgehead atoms. The zero-order valence-corrected chi connectivity index (χ0v) is 12.0. The first-order valence-electron chi connectivity index (χ1n) is 5.63. The minimum Gasteiger partial charge on any atom is -0.347 e. The molecular formula is C11H20IN3O. The quantitative estimate of drug-likeness (QED) is 0.388. The average Bonchev–Trinajstić information content (AvgIpc) is 2.62. The fourth-order valence-electron chi connectivity index (χ4n) is 1.82. The summed E-state index contributed by atoms with van der Waals surface area (Å²) < 4.78 is 0.863. The molecule has 2 atom stereocenters. The lowest BCUT2D eigenvalue weighted by Crippen LogP contribution is -2.50. The standard InChI is InChI=1S/C11H20IN3O/c1-8(2)14-9-6-13-7-10(9)15-11(16)4-3-5-12/h3-4,8-10,13-14H,5-7H2,1-2H3,(H,15,16)/b4-3+/t9-,10-/m1/s1. The summed E-state index contributed by atoms with van der Waals surface area (Å²) in [5.41, 5.74) is 0. The Hall–Kier alpha value is -0.140. The number of rotatable bonds is 5. The van der Waals surface area contributed by atoms with Crippen LogP contribution in [-0.4, -0.2) is 41.5 Å². The van der Waals surface area contributed by atoms with Crippen molar-refractivity contribution in [2.24, 2.45) is 0 Å². The summed E-state index contributed by atoms with van der Waals surface area (Å²) in [6.07, 6.45) is 3.47. The molecule has 0 spiro atoms. The third-order valence-electron chi connectivity index (χ3n) is 2.45. The third kappa shape index (κ3) is 4.80. The number of halogens is 1. The van der Waals surface area contributed by atoms with Gasteiger partial charge in [-0.05, 0) is 6.08 Å². The van der Waals surface area contributed by atoms with Gasteiger partial charge in [0.2, 0.25) is 5.91 Å². The van der Waals surface area contributed by atoms with Crippen LogP contribution in [0, 0.1) is 0 Å². The highest BCUT2D eigenvalue weighted by molar-refractivity contribution is 14.1. The van der Waals surface area contributed by atoms with E-state index in [0.717, 1.165) is 17.5 Å². The Morgan fingerprint density at radius 3 is 2.81 bits per heavy atom. The first kappa shape index (κ1) is 13.9. The van der Waals surface area contributed by atoms with Crippen LogP contribution in [0.5, 0.6) is 0 Å². The van der Waals surface area contributed by atoms with E-state index in [-0.39, 0.29) is 11.9 Å². The molecule has 16 heavy (non-hydrogen) atoms. The predicted molar refractivity (Wildman–Crippen MR) is 74.9 cm³/mol. The minimum absolute atomic E-state index is 0.000854. The van der Waals surface area contributed by atoms with Crippen molar-refractivity contribution in [1.29, 1.82) is 0 Å². The van der Waals surface area contributed by atoms with Crippen molar-refractivity contribution >= 4 is 28.5 Å². The van der Waals surface area contributed by atoms with Gasteiger partial charge in [0.1, 0.15) is 0 Å². The molecule has 1 heterocycles. The Morgan fingerprint density at radius 1 is 1.50 bits per heavy atom. The van der Waals surface area contributed by atoms with Gasteiger partial charge in [0, 0.05) is 29.6 Å². The van der Waals surface area contributed by atoms with Crippen LogP contribution in [0.15, 0.2) is 12.2 Å². The molecule has 0 aromatic carbocycles. The van der Waals surface area contributed by atoms with E-state index < -0.39 is 0 Å². The number of alkyl halides is 1. The highest BCUT2D eigenvalue weighted by Gasteiger charge is 2.27. The fraction of sp³-hybridized carbons (Fsp3) is 0.727. The van der Waals surface area contributed by atoms with Gasteiger partial charge in [-0.2, -0.15) is 0 Å². The number of hydrogen-bond donors (Lipinski definition) is 3. The van der Waals surface area contributed by atoms with Crippen LogP contribution < -0.4 is 16.0 Å². The van der Waals surface area contributed by atoms with Gasteiger partial charge in [-0.15, -0.1) is 0 Å². The van der Waals surface area contributed by atoms with Gasteiger partial charge in [-0.25, -0.2) is 0 Å². The molecule has 5 heteroatoms. The monoisotopic (exact) mass is 337 g/mol. The van der Waals surface area contributed by atoms with Crippen molar-refractivity contribution in [2.45, 2.75) is 32.0 Å². The zero-order valence-electron chi connectivity index (χ0n) is 9.79. The van der Waals surface area contributed by atoms with Crippen molar-refractivity contribution in [3.05, 3.63) is 12.2 Å². The summed E-state index contributed by atoms with van der Waals surface area (Å²) >= 11 is 2.21. The van der Waals surface area contributed by atoms with Crippen LogP contribution in [-0.2, 0) is 4.79 Å². The minimum atomic E-state index is 0.000854. The largest absolute Gasteiger partial charge is 0.347 e. The molecule has 1 amide bonds. The summed E-state index contributed by atoms with van der Waals surface area (Å²) in [4.78, 5) is 11.5. The maximum absolute atomic E-state index is 11.5. The molecule has 1 rings (SSSR count). The molecule has 3 N–H and O–H groups in total. The van der Waals surface area contributed by atoms with Crippen LogP contribution in [0.25, 0.3) is 0 Å². The van der Waals surface area contributed by atoms with E-state index in [9.17, 15) is 4.79 Å². The van der Waals surface area contributed by atoms with E-state index in [1.807, 2.05) is 6.08 Å². The van der Waals surface area contributed by atoms with Crippen molar-refractivity contribution in [3.8, 4) is 0 Å². The highest BCUT2D eigenvalue weighted by atomic mass is 127. The maximum Gasteiger partial charge on any atom is 0.243 e. The second kappa shape index (κ2) is 7.24. The summed E-state index contributed by atoms with van der Waals surface area (Å²) in [5, 5.41) is 9.75. The molecule has 0 aromatic heterocycles. The van der Waals surface area contributed by atoms with Crippen LogP contribution in [0.3, 0.4) is 0 Å². The van der Waals surface area contributed by atoms with E-state index in [2.05, 4.69) is 52.4 Å². The molecule has 0 saturated carbocycles. The van der Waals surface area contributed by atoms with Crippen LogP contribution in [0.1, 0.15) is 13.8 Å². The molecule has 1 fully saturated rings. The van der Waals surface area contributed by atoms with E-state index in [1.165, 1.54) is 0 Å². The molecule has 0 radical (unpaired) electrons. The number of amides is 1. The lowest BCUT2D eigenvalue weighted by Gasteiger charge is -2.22. The smallest absolute Gasteiger partial charge is 0.243 e. The normalized spacial score (nSPS) is 25.5. The zero-order chi connectivity index (χ0) is 12.0. The molecule has 0 aliphatic carbocycles. The van der Waals surface area contributed by atoms with Gasteiger partial charge < -0.3 is 16.0 Å². The fourth-order valence-corrected chi connectivity index (χ4v) is 2.07. The Morgan fingerprint density at radius 2 is 2.19 bits per heavy atom. The second-order valence-corrected chi connectivity index (χ2v) is 5.14. The van der Waals surface area contributed by atoms with Gasteiger partial charge in [-0.3, -0.25) is 4.79 Å². The van der Waals surface area contributed by atoms with Crippen molar-refractivity contribution in [1.82, 2.24) is 16.0 Å². The van der Waals surface area contributed by atoms with Gasteiger partial charge in [0.25, 0.3) is 0 Å². The van der Waals surface area contributed by atoms with Gasteiger partial charge in [-0.1, -0.05) is 42.5 Å². The molecule has 0 aromatic rings. The Labute approximate surface area is 111 Å². The maximum atomic E-state index is 11.5. The lowest BCUT2D eigenvalue weighted by molar-refractivity contribution is -0.117. The average molecular weight is 337 g/mol. The van der Waals surface area contributed by atoms with Crippen molar-refractivity contribution in [2.75, 3.05) is 17.5 Å². The van der Waals surface area contributed by atoms with Crippen molar-refractivity contribution in [3.63, 3.8) is 0 Å². The van der Waals surface area contributed by atoms with Crippen LogP contribution >= 0.6 is 22.6 Å². The molecule has 1 aliphatic rings. The number of allylic oxidation sites excluding steroid dienone is 1. The molecule has 1 aliphatic heterocycles. The van der Waals surface area contributed by atoms with Crippen LogP contribution in [0.2, 0.25) is 0 Å². The Kier molecular flexibility index (Phi) is 6.30. The molecular weight excluding hydrogens is 317 g/mol. The number of carbonyl (C=O) groups excluding carboxylic acids is 1. The van der Waals surface area contributed by atoms with Gasteiger partial charge in [0.05, 0.1) is 6.04 Å². The number of hydrogen-bond acceptors (Lipinski definition) is 3. The third-order valence-corrected chi connectivity index (χ3v) is 2.96. The first-order valence-corrected chi connectivity index (χ1v) is 7.15. The molecule has 92 valence electrons. The van der Waals surface area contributed by atoms with Gasteiger partial charge in [0.15, 0.2) is 0 Å². The second-order valence-electron chi connectivity index (χ2n) is 4.26. The van der Waals surface area contributed by atoms with Crippen molar-refractivity contribution < 1.29 is 4.79 Å². The Bertz CT molecular complexity index is 256. The number of carbonyl (C=O) groups is 1. The Balaban J connectivity index is 2.40. The van der Waals surface area contributed by atoms with E-state index >= 15 is 0 Å². The predicted octanol–water partition coefficient (Wildman–Crippen LogP) is 0.432. The summed E-state index contributed by atoms with van der Waals surface area (Å²) in [7, 11) is 0. The van der Waals surface area contributed by atoms with E-state index in [4.69, 9.17) is 0 Å². The summed E-state index contributed by atoms with van der Waals surface area (Å²) in [5.74, 6) is 0.000854. The first-order chi connectivity index (χ1) is 7.63. The topological polar surface area (TPSA) is 53.2 Å².